The number of unbranched alkanes of at least 4 members (excludes halogenated alkanes) is 1. The van der Waals surface area contributed by atoms with E-state index >= 15 is 0 Å². The van der Waals surface area contributed by atoms with E-state index in [1.54, 1.807) is 25.1 Å². The molecule has 0 fully saturated rings. The molecule has 4 nitrogen and oxygen atoms in total. The number of aliphatic carboxylic acids is 1. The minimum absolute atomic E-state index is 0.0872. The second-order valence-electron chi connectivity index (χ2n) is 4.61. The molecule has 1 atom stereocenters. The molecule has 1 aromatic carbocycles. The smallest absolute Gasteiger partial charge is 0.313 e. The van der Waals surface area contributed by atoms with Crippen LogP contribution in [0.5, 0.6) is 0 Å². The highest BCUT2D eigenvalue weighted by molar-refractivity contribution is 6.35. The molecule has 0 saturated heterocycles. The van der Waals surface area contributed by atoms with Crippen LogP contribution < -0.4 is 0 Å². The van der Waals surface area contributed by atoms with Crippen LogP contribution in [0.25, 0.3) is 0 Å². The molecule has 1 rings (SSSR count). The Morgan fingerprint density at radius 2 is 2.00 bits per heavy atom. The molecule has 0 bridgehead atoms. The molecular formula is C15H18Cl2O4. The van der Waals surface area contributed by atoms with E-state index in [9.17, 15) is 9.59 Å². The van der Waals surface area contributed by atoms with Crippen molar-refractivity contribution >= 4 is 35.1 Å². The van der Waals surface area contributed by atoms with Gasteiger partial charge in [-0.05, 0) is 37.5 Å². The van der Waals surface area contributed by atoms with Gasteiger partial charge in [0, 0.05) is 16.5 Å². The average molecular weight is 333 g/mol. The Hall–Kier alpha value is -1.26. The summed E-state index contributed by atoms with van der Waals surface area (Å²) in [5.74, 6) is -1.69. The molecule has 0 saturated carbocycles. The summed E-state index contributed by atoms with van der Waals surface area (Å²) in [6.07, 6.45) is 1.70. The van der Waals surface area contributed by atoms with Gasteiger partial charge in [-0.3, -0.25) is 9.59 Å². The summed E-state index contributed by atoms with van der Waals surface area (Å²) in [5.41, 5.74) is 0.662. The van der Waals surface area contributed by atoms with Crippen LogP contribution in [0.1, 0.15) is 44.1 Å². The summed E-state index contributed by atoms with van der Waals surface area (Å²) in [5, 5.41) is 9.55. The van der Waals surface area contributed by atoms with Crippen molar-refractivity contribution in [2.24, 2.45) is 0 Å². The standard InChI is InChI=1S/C15H18Cl2O4/c1-2-21-15(20)12(5-3-4-6-14(18)19)11-8-7-10(16)9-13(11)17/h7-9,12H,2-6H2,1H3,(H,18,19). The molecule has 0 aromatic heterocycles. The number of rotatable bonds is 8. The fraction of sp³-hybridized carbons (Fsp3) is 0.467. The third-order valence-corrected chi connectivity index (χ3v) is 3.60. The topological polar surface area (TPSA) is 63.6 Å². The normalized spacial score (nSPS) is 12.0. The summed E-state index contributed by atoms with van der Waals surface area (Å²) in [6, 6.07) is 4.97. The van der Waals surface area contributed by atoms with Gasteiger partial charge in [0.15, 0.2) is 0 Å². The number of carboxylic acid groups (broad SMARTS) is 1. The Bertz CT molecular complexity index is 502. The Morgan fingerprint density at radius 1 is 1.29 bits per heavy atom. The molecule has 0 amide bonds. The number of benzene rings is 1. The van der Waals surface area contributed by atoms with Gasteiger partial charge < -0.3 is 9.84 Å². The SMILES string of the molecule is CCOC(=O)C(CCCCC(=O)O)c1ccc(Cl)cc1Cl. The number of hydrogen-bond acceptors (Lipinski definition) is 3. The third kappa shape index (κ3) is 5.94. The molecule has 0 heterocycles. The van der Waals surface area contributed by atoms with Gasteiger partial charge in [0.25, 0.3) is 0 Å². The van der Waals surface area contributed by atoms with Crippen molar-refractivity contribution in [2.75, 3.05) is 6.61 Å². The van der Waals surface area contributed by atoms with Crippen molar-refractivity contribution < 1.29 is 19.4 Å². The van der Waals surface area contributed by atoms with E-state index in [1.807, 2.05) is 0 Å². The van der Waals surface area contributed by atoms with Crippen LogP contribution >= 0.6 is 23.2 Å². The van der Waals surface area contributed by atoms with Crippen molar-refractivity contribution in [1.29, 1.82) is 0 Å². The van der Waals surface area contributed by atoms with E-state index in [0.29, 0.717) is 34.9 Å². The van der Waals surface area contributed by atoms with Crippen LogP contribution in [0.4, 0.5) is 0 Å². The molecule has 0 radical (unpaired) electrons. The summed E-state index contributed by atoms with van der Waals surface area (Å²) in [6.45, 7) is 2.03. The highest BCUT2D eigenvalue weighted by Gasteiger charge is 2.24. The average Bonchev–Trinajstić information content (AvgIpc) is 2.40. The first-order chi connectivity index (χ1) is 9.95. The lowest BCUT2D eigenvalue weighted by Gasteiger charge is -2.17. The first-order valence-electron chi connectivity index (χ1n) is 6.79. The Balaban J connectivity index is 2.81. The third-order valence-electron chi connectivity index (χ3n) is 3.04. The summed E-state index contributed by atoms with van der Waals surface area (Å²) in [4.78, 5) is 22.6. The molecular weight excluding hydrogens is 315 g/mol. The largest absolute Gasteiger partial charge is 0.481 e. The zero-order valence-electron chi connectivity index (χ0n) is 11.8. The van der Waals surface area contributed by atoms with E-state index in [-0.39, 0.29) is 19.0 Å². The molecule has 1 aromatic rings. The van der Waals surface area contributed by atoms with Gasteiger partial charge in [-0.1, -0.05) is 35.7 Å². The lowest BCUT2D eigenvalue weighted by Crippen LogP contribution is -2.16. The quantitative estimate of drug-likeness (QED) is 0.569. The van der Waals surface area contributed by atoms with E-state index < -0.39 is 11.9 Å². The van der Waals surface area contributed by atoms with Gasteiger partial charge in [-0.2, -0.15) is 0 Å². The van der Waals surface area contributed by atoms with E-state index in [2.05, 4.69) is 0 Å². The fourth-order valence-corrected chi connectivity index (χ4v) is 2.59. The van der Waals surface area contributed by atoms with E-state index in [0.717, 1.165) is 0 Å². The number of esters is 1. The number of ether oxygens (including phenoxy) is 1. The minimum atomic E-state index is -0.841. The maximum atomic E-state index is 12.1. The number of carboxylic acids is 1. The van der Waals surface area contributed by atoms with Crippen LogP contribution in [-0.2, 0) is 14.3 Å². The zero-order chi connectivity index (χ0) is 15.8. The van der Waals surface area contributed by atoms with Crippen LogP contribution in [0.2, 0.25) is 10.0 Å². The molecule has 0 spiro atoms. The maximum absolute atomic E-state index is 12.1. The summed E-state index contributed by atoms with van der Waals surface area (Å²) in [7, 11) is 0. The number of hydrogen-bond donors (Lipinski definition) is 1. The van der Waals surface area contributed by atoms with E-state index in [4.69, 9.17) is 33.0 Å². The van der Waals surface area contributed by atoms with Crippen LogP contribution in [-0.4, -0.2) is 23.7 Å². The fourth-order valence-electron chi connectivity index (χ4n) is 2.05. The number of halogens is 2. The molecule has 6 heteroatoms. The Kier molecular flexibility index (Phi) is 7.54. The lowest BCUT2D eigenvalue weighted by atomic mass is 9.93. The Labute approximate surface area is 134 Å². The summed E-state index contributed by atoms with van der Waals surface area (Å²) >= 11 is 12.0. The van der Waals surface area contributed by atoms with E-state index in [1.165, 1.54) is 0 Å². The minimum Gasteiger partial charge on any atom is -0.481 e. The second kappa shape index (κ2) is 8.90. The van der Waals surface area contributed by atoms with Crippen LogP contribution in [0.3, 0.4) is 0 Å². The molecule has 0 aliphatic rings. The van der Waals surface area contributed by atoms with Crippen molar-refractivity contribution in [3.63, 3.8) is 0 Å². The van der Waals surface area contributed by atoms with Gasteiger partial charge in [0.1, 0.15) is 0 Å². The monoisotopic (exact) mass is 332 g/mol. The number of carbonyl (C=O) groups excluding carboxylic acids is 1. The van der Waals surface area contributed by atoms with Crippen LogP contribution in [0.15, 0.2) is 18.2 Å². The van der Waals surface area contributed by atoms with Gasteiger partial charge in [-0.25, -0.2) is 0 Å². The predicted molar refractivity (Wildman–Crippen MR) is 81.9 cm³/mol. The lowest BCUT2D eigenvalue weighted by molar-refractivity contribution is -0.145. The molecule has 0 aliphatic heterocycles. The first kappa shape index (κ1) is 17.8. The molecule has 116 valence electrons. The van der Waals surface area contributed by atoms with Gasteiger partial charge in [0.05, 0.1) is 12.5 Å². The molecule has 0 aliphatic carbocycles. The van der Waals surface area contributed by atoms with Crippen molar-refractivity contribution in [1.82, 2.24) is 0 Å². The highest BCUT2D eigenvalue weighted by Crippen LogP contribution is 2.32. The summed E-state index contributed by atoms with van der Waals surface area (Å²) < 4.78 is 5.07. The second-order valence-corrected chi connectivity index (χ2v) is 5.45. The number of carbonyl (C=O) groups is 2. The van der Waals surface area contributed by atoms with Crippen molar-refractivity contribution in [3.8, 4) is 0 Å². The molecule has 21 heavy (non-hydrogen) atoms. The maximum Gasteiger partial charge on any atom is 0.313 e. The molecule has 1 N–H and O–H groups in total. The van der Waals surface area contributed by atoms with Gasteiger partial charge >= 0.3 is 11.9 Å². The van der Waals surface area contributed by atoms with Crippen LogP contribution in [0, 0.1) is 0 Å². The predicted octanol–water partition coefficient (Wildman–Crippen LogP) is 4.29. The molecule has 1 unspecified atom stereocenters. The first-order valence-corrected chi connectivity index (χ1v) is 7.54. The van der Waals surface area contributed by atoms with Gasteiger partial charge in [0.2, 0.25) is 0 Å². The van der Waals surface area contributed by atoms with Crippen molar-refractivity contribution in [2.45, 2.75) is 38.5 Å². The van der Waals surface area contributed by atoms with Crippen molar-refractivity contribution in [3.05, 3.63) is 33.8 Å². The Morgan fingerprint density at radius 3 is 2.57 bits per heavy atom. The van der Waals surface area contributed by atoms with Gasteiger partial charge in [-0.15, -0.1) is 0 Å². The highest BCUT2D eigenvalue weighted by atomic mass is 35.5. The zero-order valence-corrected chi connectivity index (χ0v) is 13.3.